The molecule has 0 fully saturated rings. The molecule has 1 spiro atoms. The third kappa shape index (κ3) is 4.57. The van der Waals surface area contributed by atoms with Gasteiger partial charge in [-0.15, -0.1) is 0 Å². The second-order valence-corrected chi connectivity index (χ2v) is 14.0. The third-order valence-corrected chi connectivity index (χ3v) is 11.2. The lowest BCUT2D eigenvalue weighted by Gasteiger charge is -2.32. The van der Waals surface area contributed by atoms with Crippen LogP contribution in [-0.4, -0.2) is 9.97 Å². The topological polar surface area (TPSA) is 25.8 Å². The molecule has 1 aromatic heterocycles. The van der Waals surface area contributed by atoms with Crippen molar-refractivity contribution in [3.8, 4) is 33.8 Å². The van der Waals surface area contributed by atoms with E-state index in [4.69, 9.17) is 9.97 Å². The Bertz CT molecular complexity index is 2560. The summed E-state index contributed by atoms with van der Waals surface area (Å²) in [5, 5.41) is 0. The largest absolute Gasteiger partial charge is 0.228 e. The number of nitrogens with zero attached hydrogens (tertiary/aromatic N) is 2. The first-order valence-electron chi connectivity index (χ1n) is 18.3. The minimum atomic E-state index is -0.589. The molecule has 0 bridgehead atoms. The van der Waals surface area contributed by atoms with Crippen molar-refractivity contribution in [3.63, 3.8) is 0 Å². The second-order valence-electron chi connectivity index (χ2n) is 14.0. The monoisotopic (exact) mass is 668 g/mol. The molecule has 0 amide bonds. The fourth-order valence-electron chi connectivity index (χ4n) is 9.03. The number of rotatable bonds is 6. The molecule has 3 aliphatic rings. The Morgan fingerprint density at radius 1 is 0.635 bits per heavy atom. The van der Waals surface area contributed by atoms with Crippen LogP contribution < -0.4 is 0 Å². The summed E-state index contributed by atoms with van der Waals surface area (Å²) in [7, 11) is 0. The lowest BCUT2D eigenvalue weighted by molar-refractivity contribution is 0.777. The highest BCUT2D eigenvalue weighted by Gasteiger charge is 2.54. The quantitative estimate of drug-likeness (QED) is 0.165. The number of fused-ring (bicyclic) bond motifs is 11. The van der Waals surface area contributed by atoms with E-state index in [0.29, 0.717) is 0 Å². The Hall–Kier alpha value is -6.12. The van der Waals surface area contributed by atoms with Crippen molar-refractivity contribution in [3.05, 3.63) is 214 Å². The van der Waals surface area contributed by atoms with Gasteiger partial charge < -0.3 is 0 Å². The summed E-state index contributed by atoms with van der Waals surface area (Å²) in [5.74, 6) is 0.896. The van der Waals surface area contributed by atoms with E-state index in [1.165, 1.54) is 66.8 Å². The molecule has 2 atom stereocenters. The van der Waals surface area contributed by atoms with E-state index in [1.54, 1.807) is 0 Å². The van der Waals surface area contributed by atoms with E-state index >= 15 is 0 Å². The van der Waals surface area contributed by atoms with Crippen LogP contribution in [0.2, 0.25) is 0 Å². The maximum atomic E-state index is 5.47. The van der Waals surface area contributed by atoms with Gasteiger partial charge in [-0.3, -0.25) is 0 Å². The number of hydrogen-bond donors (Lipinski definition) is 0. The first kappa shape index (κ1) is 31.8. The van der Waals surface area contributed by atoms with Crippen molar-refractivity contribution in [2.24, 2.45) is 0 Å². The van der Waals surface area contributed by atoms with Crippen LogP contribution in [-0.2, 0) is 5.41 Å². The molecular formula is C50H40N2. The smallest absolute Gasteiger partial charge is 0.160 e. The molecule has 6 aromatic rings. The van der Waals surface area contributed by atoms with E-state index in [0.717, 1.165) is 28.3 Å². The van der Waals surface area contributed by atoms with Crippen LogP contribution in [0, 0.1) is 0 Å². The van der Waals surface area contributed by atoms with Crippen LogP contribution in [0.3, 0.4) is 0 Å². The maximum absolute atomic E-state index is 5.47. The minimum absolute atomic E-state index is 0.149. The summed E-state index contributed by atoms with van der Waals surface area (Å²) in [4.78, 5) is 10.9. The summed E-state index contributed by atoms with van der Waals surface area (Å²) >= 11 is 0. The van der Waals surface area contributed by atoms with E-state index < -0.39 is 5.41 Å². The lowest BCUT2D eigenvalue weighted by Crippen LogP contribution is -2.28. The van der Waals surface area contributed by atoms with Gasteiger partial charge in [-0.05, 0) is 83.3 Å². The Kier molecular flexibility index (Phi) is 7.70. The van der Waals surface area contributed by atoms with Gasteiger partial charge in [0.15, 0.2) is 5.82 Å². The average Bonchev–Trinajstić information content (AvgIpc) is 3.77. The van der Waals surface area contributed by atoms with Gasteiger partial charge in [0, 0.05) is 22.6 Å². The average molecular weight is 669 g/mol. The van der Waals surface area contributed by atoms with E-state index in [9.17, 15) is 0 Å². The zero-order valence-corrected chi connectivity index (χ0v) is 30.1. The summed E-state index contributed by atoms with van der Waals surface area (Å²) in [6, 6.07) is 44.5. The van der Waals surface area contributed by atoms with Crippen molar-refractivity contribution in [1.82, 2.24) is 9.97 Å². The molecule has 5 aromatic carbocycles. The molecule has 52 heavy (non-hydrogen) atoms. The maximum Gasteiger partial charge on any atom is 0.160 e. The third-order valence-electron chi connectivity index (χ3n) is 11.2. The Morgan fingerprint density at radius 3 is 2.06 bits per heavy atom. The van der Waals surface area contributed by atoms with Crippen LogP contribution in [0.5, 0.6) is 0 Å². The molecular weight excluding hydrogens is 629 g/mol. The van der Waals surface area contributed by atoms with Crippen molar-refractivity contribution in [2.45, 2.75) is 39.0 Å². The van der Waals surface area contributed by atoms with Gasteiger partial charge in [-0.25, -0.2) is 9.97 Å². The van der Waals surface area contributed by atoms with Gasteiger partial charge in [0.2, 0.25) is 0 Å². The van der Waals surface area contributed by atoms with Crippen molar-refractivity contribution in [1.29, 1.82) is 0 Å². The highest BCUT2D eigenvalue weighted by atomic mass is 14.9. The molecule has 0 radical (unpaired) electrons. The second kappa shape index (κ2) is 12.6. The number of aromatic nitrogens is 2. The molecule has 2 heteroatoms. The van der Waals surface area contributed by atoms with E-state index in [1.807, 2.05) is 6.07 Å². The summed E-state index contributed by atoms with van der Waals surface area (Å²) in [5.41, 5.74) is 19.0. The first-order valence-corrected chi connectivity index (χ1v) is 18.3. The summed E-state index contributed by atoms with van der Waals surface area (Å²) < 4.78 is 0. The van der Waals surface area contributed by atoms with Gasteiger partial charge in [-0.2, -0.15) is 0 Å². The highest BCUT2D eigenvalue weighted by Crippen LogP contribution is 2.64. The minimum Gasteiger partial charge on any atom is -0.228 e. The zero-order valence-electron chi connectivity index (χ0n) is 30.1. The number of benzene rings is 5. The fraction of sp³-hybridized carbons (Fsp3) is 0.120. The van der Waals surface area contributed by atoms with Crippen LogP contribution >= 0.6 is 0 Å². The van der Waals surface area contributed by atoms with Crippen molar-refractivity contribution in [2.75, 3.05) is 0 Å². The predicted octanol–water partition coefficient (Wildman–Crippen LogP) is 12.5. The molecule has 9 rings (SSSR count). The highest BCUT2D eigenvalue weighted by molar-refractivity contribution is 5.97. The molecule has 3 aliphatic carbocycles. The van der Waals surface area contributed by atoms with Gasteiger partial charge in [-0.1, -0.05) is 169 Å². The zero-order chi connectivity index (χ0) is 35.4. The molecule has 2 unspecified atom stereocenters. The number of hydrogen-bond acceptors (Lipinski definition) is 2. The Labute approximate surface area is 307 Å². The van der Waals surface area contributed by atoms with Crippen LogP contribution in [0.15, 0.2) is 169 Å². The normalized spacial score (nSPS) is 18.5. The molecule has 0 N–H and O–H groups in total. The Balaban J connectivity index is 1.37. The van der Waals surface area contributed by atoms with Gasteiger partial charge in [0.25, 0.3) is 0 Å². The fourth-order valence-corrected chi connectivity index (χ4v) is 9.03. The van der Waals surface area contributed by atoms with E-state index in [-0.39, 0.29) is 5.92 Å². The predicted molar refractivity (Wildman–Crippen MR) is 217 cm³/mol. The molecule has 2 nitrogen and oxygen atoms in total. The first-order chi connectivity index (χ1) is 25.6. The van der Waals surface area contributed by atoms with Gasteiger partial charge in [0.1, 0.15) is 0 Å². The molecule has 0 saturated heterocycles. The van der Waals surface area contributed by atoms with E-state index in [2.05, 4.69) is 185 Å². The van der Waals surface area contributed by atoms with Crippen LogP contribution in [0.1, 0.15) is 78.3 Å². The van der Waals surface area contributed by atoms with Crippen molar-refractivity contribution >= 4 is 11.1 Å². The van der Waals surface area contributed by atoms with Crippen LogP contribution in [0.25, 0.3) is 44.9 Å². The Morgan fingerprint density at radius 2 is 1.29 bits per heavy atom. The van der Waals surface area contributed by atoms with Gasteiger partial charge in [0.05, 0.1) is 16.8 Å². The molecule has 0 aliphatic heterocycles. The van der Waals surface area contributed by atoms with Gasteiger partial charge >= 0.3 is 0 Å². The van der Waals surface area contributed by atoms with Crippen molar-refractivity contribution < 1.29 is 0 Å². The molecule has 1 heterocycles. The lowest BCUT2D eigenvalue weighted by atomic mass is 9.69. The SMILES string of the molecule is C/C=C\C=C/C1=C(C)C(c2ccc3c(c2)C2(c4ccccc4-3)c3ccccc3-c3nc(-c4ccccc4)nc(/C(C)=C/C=C\C)c32)c2ccccc21. The standard InChI is InChI=1S/C50H40N2/c1-5-7-10-22-36-33(4)45(40-25-14-13-23-37(36)40)35-29-30-39-38-24-15-17-27-42(38)50(44(39)31-35)43-28-18-16-26-41(43)48-46(50)47(32(3)19-8-6-2)51-49(52-48)34-20-11-9-12-21-34/h5-31,45H,1-4H3/b7-5-,8-6-,22-10-,32-19+. The molecule has 0 saturated carbocycles. The molecule has 250 valence electrons. The van der Waals surface area contributed by atoms with Crippen LogP contribution in [0.4, 0.5) is 0 Å². The number of allylic oxidation sites excluding steroid dienone is 10. The summed E-state index contributed by atoms with van der Waals surface area (Å²) in [6.07, 6.45) is 15.0. The summed E-state index contributed by atoms with van der Waals surface area (Å²) in [6.45, 7) is 8.62.